The number of piperidine rings is 1. The Hall–Kier alpha value is -3.59. The van der Waals surface area contributed by atoms with Crippen LogP contribution in [0.4, 0.5) is 5.69 Å². The Morgan fingerprint density at radius 3 is 2.65 bits per heavy atom. The number of carbonyl (C=O) groups is 1. The summed E-state index contributed by atoms with van der Waals surface area (Å²) in [5.74, 6) is 0.824. The van der Waals surface area contributed by atoms with Crippen molar-refractivity contribution in [2.45, 2.75) is 26.3 Å². The van der Waals surface area contributed by atoms with E-state index in [2.05, 4.69) is 40.3 Å². The summed E-state index contributed by atoms with van der Waals surface area (Å²) in [6.07, 6.45) is 3.13. The Morgan fingerprint density at radius 2 is 1.97 bits per heavy atom. The van der Waals surface area contributed by atoms with Gasteiger partial charge in [0.05, 0.1) is 23.9 Å². The van der Waals surface area contributed by atoms with E-state index in [1.807, 2.05) is 30.3 Å². The first-order chi connectivity index (χ1) is 15.1. The van der Waals surface area contributed by atoms with Gasteiger partial charge in [-0.2, -0.15) is 5.26 Å². The molecular formula is C25H26N4O2. The molecular weight excluding hydrogens is 388 g/mol. The van der Waals surface area contributed by atoms with Crippen molar-refractivity contribution in [2.24, 2.45) is 5.92 Å². The first-order valence-electron chi connectivity index (χ1n) is 10.5. The lowest BCUT2D eigenvalue weighted by atomic mass is 9.94. The molecule has 1 amide bonds. The molecule has 0 radical (unpaired) electrons. The molecule has 1 aliphatic heterocycles. The number of nitrogens with one attached hydrogen (secondary N) is 1. The van der Waals surface area contributed by atoms with Crippen LogP contribution in [-0.2, 0) is 11.3 Å². The molecule has 2 heterocycles. The number of aryl methyl sites for hydroxylation is 1. The first-order valence-corrected chi connectivity index (χ1v) is 10.5. The molecule has 4 rings (SSSR count). The van der Waals surface area contributed by atoms with E-state index in [0.29, 0.717) is 12.1 Å². The van der Waals surface area contributed by atoms with Gasteiger partial charge < -0.3 is 15.0 Å². The minimum atomic E-state index is -0.0135. The lowest BCUT2D eigenvalue weighted by molar-refractivity contribution is -0.125. The Morgan fingerprint density at radius 1 is 1.23 bits per heavy atom. The van der Waals surface area contributed by atoms with Gasteiger partial charge in [-0.25, -0.2) is 0 Å². The molecule has 158 valence electrons. The number of rotatable bonds is 5. The fourth-order valence-electron chi connectivity index (χ4n) is 4.11. The predicted octanol–water partition coefficient (Wildman–Crippen LogP) is 3.96. The van der Waals surface area contributed by atoms with Crippen molar-refractivity contribution in [3.05, 3.63) is 65.4 Å². The number of ether oxygens (including phenoxy) is 1. The standard InChI is InChI=1S/C25H26N4O2/c1-17-3-5-18(6-4-17)15-28-25(30)19-9-11-29(12-10-19)24-20(14-26)16-27-23-13-21(31-2)7-8-22(23)24/h3-8,13,16,19H,9-12,15H2,1-2H3,(H,28,30). The van der Waals surface area contributed by atoms with Crippen LogP contribution in [0.25, 0.3) is 10.9 Å². The average molecular weight is 415 g/mol. The van der Waals surface area contributed by atoms with Crippen LogP contribution in [0.5, 0.6) is 5.75 Å². The number of fused-ring (bicyclic) bond motifs is 1. The number of hydrogen-bond acceptors (Lipinski definition) is 5. The van der Waals surface area contributed by atoms with Crippen LogP contribution in [0.3, 0.4) is 0 Å². The fourth-order valence-corrected chi connectivity index (χ4v) is 4.11. The van der Waals surface area contributed by atoms with Crippen molar-refractivity contribution in [1.29, 1.82) is 5.26 Å². The summed E-state index contributed by atoms with van der Waals surface area (Å²) >= 11 is 0. The molecule has 1 N–H and O–H groups in total. The zero-order valence-electron chi connectivity index (χ0n) is 17.9. The van der Waals surface area contributed by atoms with E-state index in [4.69, 9.17) is 4.74 Å². The molecule has 1 saturated heterocycles. The summed E-state index contributed by atoms with van der Waals surface area (Å²) in [4.78, 5) is 19.3. The maximum absolute atomic E-state index is 12.7. The molecule has 6 nitrogen and oxygen atoms in total. The van der Waals surface area contributed by atoms with Crippen LogP contribution < -0.4 is 15.0 Å². The van der Waals surface area contributed by atoms with E-state index in [-0.39, 0.29) is 11.8 Å². The number of carbonyl (C=O) groups excluding carboxylic acids is 1. The normalized spacial score (nSPS) is 14.3. The summed E-state index contributed by atoms with van der Waals surface area (Å²) in [5, 5.41) is 13.6. The number of nitrogens with zero attached hydrogens (tertiary/aromatic N) is 3. The largest absolute Gasteiger partial charge is 0.497 e. The van der Waals surface area contributed by atoms with Crippen molar-refractivity contribution in [3.8, 4) is 11.8 Å². The second-order valence-corrected chi connectivity index (χ2v) is 7.98. The van der Waals surface area contributed by atoms with Crippen LogP contribution in [0.15, 0.2) is 48.7 Å². The third-order valence-electron chi connectivity index (χ3n) is 5.94. The molecule has 31 heavy (non-hydrogen) atoms. The molecule has 6 heteroatoms. The van der Waals surface area contributed by atoms with Crippen molar-refractivity contribution >= 4 is 22.5 Å². The molecule has 3 aromatic rings. The number of methoxy groups -OCH3 is 1. The Bertz CT molecular complexity index is 1130. The van der Waals surface area contributed by atoms with Crippen LogP contribution in [0.2, 0.25) is 0 Å². The quantitative estimate of drug-likeness (QED) is 0.684. The summed E-state index contributed by atoms with van der Waals surface area (Å²) in [6, 6.07) is 16.2. The number of amides is 1. The number of anilines is 1. The molecule has 1 aliphatic rings. The summed E-state index contributed by atoms with van der Waals surface area (Å²) in [7, 11) is 1.63. The Labute approximate surface area is 182 Å². The highest BCUT2D eigenvalue weighted by Crippen LogP contribution is 2.34. The maximum Gasteiger partial charge on any atom is 0.223 e. The molecule has 2 aromatic carbocycles. The Balaban J connectivity index is 1.44. The van der Waals surface area contributed by atoms with Crippen LogP contribution >= 0.6 is 0 Å². The van der Waals surface area contributed by atoms with Crippen molar-refractivity contribution < 1.29 is 9.53 Å². The SMILES string of the molecule is COc1ccc2c(N3CCC(C(=O)NCc4ccc(C)cc4)CC3)c(C#N)cnc2c1. The van der Waals surface area contributed by atoms with Gasteiger partial charge in [0, 0.05) is 43.2 Å². The fraction of sp³-hybridized carbons (Fsp3) is 0.320. The number of aromatic nitrogens is 1. The maximum atomic E-state index is 12.7. The highest BCUT2D eigenvalue weighted by atomic mass is 16.5. The van der Waals surface area contributed by atoms with Crippen LogP contribution in [0.1, 0.15) is 29.5 Å². The zero-order valence-corrected chi connectivity index (χ0v) is 17.9. The average Bonchev–Trinajstić information content (AvgIpc) is 2.82. The van der Waals surface area contributed by atoms with Crippen molar-refractivity contribution in [3.63, 3.8) is 0 Å². The summed E-state index contributed by atoms with van der Waals surface area (Å²) in [6.45, 7) is 4.05. The van der Waals surface area contributed by atoms with Crippen molar-refractivity contribution in [1.82, 2.24) is 10.3 Å². The highest BCUT2D eigenvalue weighted by Gasteiger charge is 2.27. The summed E-state index contributed by atoms with van der Waals surface area (Å²) < 4.78 is 5.30. The third kappa shape index (κ3) is 4.46. The first kappa shape index (κ1) is 20.7. The molecule has 1 fully saturated rings. The molecule has 0 atom stereocenters. The molecule has 1 aromatic heterocycles. The molecule has 0 aliphatic carbocycles. The number of benzene rings is 2. The summed E-state index contributed by atoms with van der Waals surface area (Å²) in [5.41, 5.74) is 4.56. The topological polar surface area (TPSA) is 78.2 Å². The molecule has 0 saturated carbocycles. The van der Waals surface area contributed by atoms with Gasteiger partial charge in [0.2, 0.25) is 5.91 Å². The number of hydrogen-bond donors (Lipinski definition) is 1. The van der Waals surface area contributed by atoms with E-state index in [0.717, 1.165) is 53.8 Å². The van der Waals surface area contributed by atoms with Gasteiger partial charge in [-0.05, 0) is 37.5 Å². The second kappa shape index (κ2) is 9.05. The molecule has 0 bridgehead atoms. The zero-order chi connectivity index (χ0) is 21.8. The lowest BCUT2D eigenvalue weighted by Gasteiger charge is -2.34. The van der Waals surface area contributed by atoms with Crippen LogP contribution in [0, 0.1) is 24.2 Å². The lowest BCUT2D eigenvalue weighted by Crippen LogP contribution is -2.40. The van der Waals surface area contributed by atoms with Gasteiger partial charge in [0.15, 0.2) is 0 Å². The third-order valence-corrected chi connectivity index (χ3v) is 5.94. The van der Waals surface area contributed by atoms with Gasteiger partial charge in [-0.15, -0.1) is 0 Å². The minimum absolute atomic E-state index is 0.0135. The van der Waals surface area contributed by atoms with E-state index < -0.39 is 0 Å². The Kier molecular flexibility index (Phi) is 6.03. The highest BCUT2D eigenvalue weighted by molar-refractivity contribution is 5.95. The molecule has 0 spiro atoms. The van der Waals surface area contributed by atoms with Gasteiger partial charge in [-0.1, -0.05) is 29.8 Å². The van der Waals surface area contributed by atoms with Gasteiger partial charge in [0.25, 0.3) is 0 Å². The predicted molar refractivity (Wildman–Crippen MR) is 121 cm³/mol. The number of pyridine rings is 1. The van der Waals surface area contributed by atoms with Crippen LogP contribution in [-0.4, -0.2) is 31.1 Å². The minimum Gasteiger partial charge on any atom is -0.497 e. The smallest absolute Gasteiger partial charge is 0.223 e. The van der Waals surface area contributed by atoms with E-state index >= 15 is 0 Å². The molecule has 0 unspecified atom stereocenters. The van der Waals surface area contributed by atoms with E-state index in [9.17, 15) is 10.1 Å². The number of nitriles is 1. The van der Waals surface area contributed by atoms with E-state index in [1.54, 1.807) is 13.3 Å². The van der Waals surface area contributed by atoms with Gasteiger partial charge >= 0.3 is 0 Å². The van der Waals surface area contributed by atoms with Gasteiger partial charge in [-0.3, -0.25) is 9.78 Å². The second-order valence-electron chi connectivity index (χ2n) is 7.98. The van der Waals surface area contributed by atoms with Gasteiger partial charge in [0.1, 0.15) is 11.8 Å². The van der Waals surface area contributed by atoms with Crippen molar-refractivity contribution in [2.75, 3.05) is 25.1 Å². The van der Waals surface area contributed by atoms with E-state index in [1.165, 1.54) is 5.56 Å². The monoisotopic (exact) mass is 414 g/mol.